The maximum atomic E-state index is 12.5. The lowest BCUT2D eigenvalue weighted by Gasteiger charge is -2.38. The third kappa shape index (κ3) is 4.34. The van der Waals surface area contributed by atoms with E-state index in [1.807, 2.05) is 25.1 Å². The van der Waals surface area contributed by atoms with Gasteiger partial charge in [-0.25, -0.2) is 0 Å². The minimum absolute atomic E-state index is 0.0590. The number of carbonyl (C=O) groups excluding carboxylic acids is 1. The van der Waals surface area contributed by atoms with Crippen LogP contribution >= 0.6 is 11.6 Å². The van der Waals surface area contributed by atoms with Crippen molar-refractivity contribution in [3.8, 4) is 6.07 Å². The molecule has 0 spiro atoms. The molecule has 0 aromatic heterocycles. The summed E-state index contributed by atoms with van der Waals surface area (Å²) >= 11 is 6.07. The van der Waals surface area contributed by atoms with Crippen LogP contribution in [0.25, 0.3) is 0 Å². The van der Waals surface area contributed by atoms with Gasteiger partial charge in [0.05, 0.1) is 17.7 Å². The van der Waals surface area contributed by atoms with Gasteiger partial charge < -0.3 is 10.2 Å². The molecule has 6 heteroatoms. The average molecular weight is 369 g/mol. The molecule has 1 fully saturated rings. The number of piperazine rings is 1. The van der Waals surface area contributed by atoms with Crippen LogP contribution in [0.4, 0.5) is 11.4 Å². The van der Waals surface area contributed by atoms with Crippen LogP contribution in [0.15, 0.2) is 48.5 Å². The zero-order chi connectivity index (χ0) is 18.5. The molecule has 1 atom stereocenters. The van der Waals surface area contributed by atoms with Gasteiger partial charge in [-0.1, -0.05) is 23.7 Å². The van der Waals surface area contributed by atoms with Crippen molar-refractivity contribution in [3.05, 3.63) is 59.1 Å². The summed E-state index contributed by atoms with van der Waals surface area (Å²) in [5.41, 5.74) is 2.30. The number of anilines is 2. The van der Waals surface area contributed by atoms with E-state index < -0.39 is 0 Å². The van der Waals surface area contributed by atoms with E-state index in [2.05, 4.69) is 27.3 Å². The van der Waals surface area contributed by atoms with E-state index in [0.29, 0.717) is 11.3 Å². The van der Waals surface area contributed by atoms with Crippen LogP contribution in [0, 0.1) is 11.3 Å². The molecule has 0 saturated carbocycles. The normalized spacial score (nSPS) is 16.0. The van der Waals surface area contributed by atoms with Crippen LogP contribution in [-0.2, 0) is 4.79 Å². The lowest BCUT2D eigenvalue weighted by Crippen LogP contribution is -2.52. The van der Waals surface area contributed by atoms with Gasteiger partial charge in [-0.3, -0.25) is 9.69 Å². The molecular weight excluding hydrogens is 348 g/mol. The zero-order valence-electron chi connectivity index (χ0n) is 14.7. The summed E-state index contributed by atoms with van der Waals surface area (Å²) in [5.74, 6) is -0.0590. The van der Waals surface area contributed by atoms with Gasteiger partial charge in [-0.2, -0.15) is 5.26 Å². The lowest BCUT2D eigenvalue weighted by molar-refractivity contribution is -0.120. The highest BCUT2D eigenvalue weighted by atomic mass is 35.5. The van der Waals surface area contributed by atoms with Crippen molar-refractivity contribution < 1.29 is 4.79 Å². The molecule has 5 nitrogen and oxygen atoms in total. The predicted molar refractivity (Wildman–Crippen MR) is 104 cm³/mol. The Morgan fingerprint density at radius 3 is 2.58 bits per heavy atom. The Bertz CT molecular complexity index is 825. The summed E-state index contributed by atoms with van der Waals surface area (Å²) < 4.78 is 0. The zero-order valence-corrected chi connectivity index (χ0v) is 15.4. The first-order chi connectivity index (χ1) is 12.6. The number of nitrogens with one attached hydrogen (secondary N) is 1. The van der Waals surface area contributed by atoms with Gasteiger partial charge in [0.2, 0.25) is 5.91 Å². The monoisotopic (exact) mass is 368 g/mol. The van der Waals surface area contributed by atoms with Gasteiger partial charge >= 0.3 is 0 Å². The van der Waals surface area contributed by atoms with Crippen molar-refractivity contribution in [2.45, 2.75) is 13.0 Å². The quantitative estimate of drug-likeness (QED) is 0.898. The van der Waals surface area contributed by atoms with Gasteiger partial charge in [0.1, 0.15) is 0 Å². The van der Waals surface area contributed by atoms with Crippen LogP contribution in [0.2, 0.25) is 5.02 Å². The van der Waals surface area contributed by atoms with Crippen molar-refractivity contribution in [1.82, 2.24) is 4.90 Å². The minimum atomic E-state index is -0.234. The highest BCUT2D eigenvalue weighted by Crippen LogP contribution is 2.21. The minimum Gasteiger partial charge on any atom is -0.369 e. The molecule has 3 rings (SSSR count). The molecule has 26 heavy (non-hydrogen) atoms. The molecule has 0 bridgehead atoms. The molecule has 0 unspecified atom stereocenters. The van der Waals surface area contributed by atoms with Crippen molar-refractivity contribution in [2.24, 2.45) is 0 Å². The van der Waals surface area contributed by atoms with Crippen LogP contribution < -0.4 is 10.2 Å². The molecule has 134 valence electrons. The fourth-order valence-electron chi connectivity index (χ4n) is 3.12. The van der Waals surface area contributed by atoms with E-state index in [4.69, 9.17) is 16.9 Å². The summed E-state index contributed by atoms with van der Waals surface area (Å²) in [6.45, 7) is 5.22. The molecule has 0 aliphatic carbocycles. The second-order valence-corrected chi connectivity index (χ2v) is 6.80. The van der Waals surface area contributed by atoms with E-state index in [1.54, 1.807) is 24.3 Å². The van der Waals surface area contributed by atoms with Gasteiger partial charge in [0, 0.05) is 42.6 Å². The number of halogens is 1. The first kappa shape index (κ1) is 18.2. The van der Waals surface area contributed by atoms with Gasteiger partial charge in [-0.05, 0) is 43.3 Å². The van der Waals surface area contributed by atoms with Crippen LogP contribution in [0.3, 0.4) is 0 Å². The van der Waals surface area contributed by atoms with Crippen LogP contribution in [0.1, 0.15) is 12.5 Å². The largest absolute Gasteiger partial charge is 0.369 e. The van der Waals surface area contributed by atoms with E-state index >= 15 is 0 Å². The van der Waals surface area contributed by atoms with Crippen LogP contribution in [0.5, 0.6) is 0 Å². The molecule has 1 aliphatic heterocycles. The molecule has 1 heterocycles. The maximum absolute atomic E-state index is 12.5. The van der Waals surface area contributed by atoms with E-state index in [-0.39, 0.29) is 11.9 Å². The maximum Gasteiger partial charge on any atom is 0.241 e. The second-order valence-electron chi connectivity index (χ2n) is 6.36. The lowest BCUT2D eigenvalue weighted by atomic mass is 10.1. The standard InChI is InChI=1S/C20H21ClN4O/c1-15(20(26)23-18-6-2-4-16(12-18)14-22)24-8-10-25(11-9-24)19-7-3-5-17(21)13-19/h2-7,12-13,15H,8-11H2,1H3,(H,23,26)/t15-/m1/s1. The molecule has 2 aromatic rings. The third-order valence-electron chi connectivity index (χ3n) is 4.67. The van der Waals surface area contributed by atoms with Crippen molar-refractivity contribution in [3.63, 3.8) is 0 Å². The summed E-state index contributed by atoms with van der Waals surface area (Å²) in [6, 6.07) is 16.7. The molecule has 1 saturated heterocycles. The van der Waals surface area contributed by atoms with Gasteiger partial charge in [0.25, 0.3) is 0 Å². The number of rotatable bonds is 4. The molecule has 1 N–H and O–H groups in total. The fraction of sp³-hybridized carbons (Fsp3) is 0.300. The van der Waals surface area contributed by atoms with Gasteiger partial charge in [-0.15, -0.1) is 0 Å². The molecule has 1 aliphatic rings. The number of nitrogens with zero attached hydrogens (tertiary/aromatic N) is 3. The number of carbonyl (C=O) groups is 1. The van der Waals surface area contributed by atoms with Crippen molar-refractivity contribution >= 4 is 28.9 Å². The SMILES string of the molecule is C[C@H](C(=O)Nc1cccc(C#N)c1)N1CCN(c2cccc(Cl)c2)CC1. The number of hydrogen-bond acceptors (Lipinski definition) is 4. The van der Waals surface area contributed by atoms with Crippen molar-refractivity contribution in [2.75, 3.05) is 36.4 Å². The number of hydrogen-bond donors (Lipinski definition) is 1. The Hall–Kier alpha value is -2.55. The molecule has 2 aromatic carbocycles. The van der Waals surface area contributed by atoms with E-state index in [9.17, 15) is 4.79 Å². The number of amides is 1. The van der Waals surface area contributed by atoms with E-state index in [1.165, 1.54) is 0 Å². The fourth-order valence-corrected chi connectivity index (χ4v) is 3.30. The smallest absolute Gasteiger partial charge is 0.241 e. The van der Waals surface area contributed by atoms with Gasteiger partial charge in [0.15, 0.2) is 0 Å². The Morgan fingerprint density at radius 2 is 1.88 bits per heavy atom. The Kier molecular flexibility index (Phi) is 5.77. The first-order valence-electron chi connectivity index (χ1n) is 8.62. The third-order valence-corrected chi connectivity index (χ3v) is 4.91. The van der Waals surface area contributed by atoms with Crippen LogP contribution in [-0.4, -0.2) is 43.0 Å². The Morgan fingerprint density at radius 1 is 1.15 bits per heavy atom. The van der Waals surface area contributed by atoms with E-state index in [0.717, 1.165) is 36.9 Å². The summed E-state index contributed by atoms with van der Waals surface area (Å²) in [7, 11) is 0. The van der Waals surface area contributed by atoms with Crippen molar-refractivity contribution in [1.29, 1.82) is 5.26 Å². The number of benzene rings is 2. The summed E-state index contributed by atoms with van der Waals surface area (Å²) in [5, 5.41) is 12.6. The molecular formula is C20H21ClN4O. The second kappa shape index (κ2) is 8.22. The summed E-state index contributed by atoms with van der Waals surface area (Å²) in [4.78, 5) is 17.0. The number of nitriles is 1. The predicted octanol–water partition coefficient (Wildman–Crippen LogP) is 3.36. The highest BCUT2D eigenvalue weighted by Gasteiger charge is 2.25. The Labute approximate surface area is 158 Å². The molecule has 0 radical (unpaired) electrons. The molecule has 1 amide bonds. The topological polar surface area (TPSA) is 59.4 Å². The first-order valence-corrected chi connectivity index (χ1v) is 9.00. The average Bonchev–Trinajstić information content (AvgIpc) is 2.67. The Balaban J connectivity index is 1.56. The highest BCUT2D eigenvalue weighted by molar-refractivity contribution is 6.30. The summed E-state index contributed by atoms with van der Waals surface area (Å²) in [6.07, 6.45) is 0.